The third kappa shape index (κ3) is 2.38. The van der Waals surface area contributed by atoms with Gasteiger partial charge in [0, 0.05) is 12.2 Å². The van der Waals surface area contributed by atoms with Gasteiger partial charge < -0.3 is 5.73 Å². The summed E-state index contributed by atoms with van der Waals surface area (Å²) in [6, 6.07) is 12.6. The third-order valence-electron chi connectivity index (χ3n) is 3.83. The van der Waals surface area contributed by atoms with Gasteiger partial charge in [0.15, 0.2) is 0 Å². The predicted molar refractivity (Wildman–Crippen MR) is 84.9 cm³/mol. The molecule has 3 rings (SSSR count). The van der Waals surface area contributed by atoms with E-state index in [9.17, 15) is 8.42 Å². The van der Waals surface area contributed by atoms with E-state index in [1.807, 2.05) is 24.3 Å². The van der Waals surface area contributed by atoms with Crippen LogP contribution in [0.4, 0.5) is 11.4 Å². The molecule has 1 heterocycles. The summed E-state index contributed by atoms with van der Waals surface area (Å²) in [5.41, 5.74) is 8.85. The Labute approximate surface area is 125 Å². The molecular weight excluding hydrogens is 284 g/mol. The topological polar surface area (TPSA) is 63.4 Å². The first kappa shape index (κ1) is 13.9. The van der Waals surface area contributed by atoms with Gasteiger partial charge in [0.1, 0.15) is 0 Å². The largest absolute Gasteiger partial charge is 0.399 e. The molecule has 1 aliphatic rings. The van der Waals surface area contributed by atoms with Gasteiger partial charge in [-0.05, 0) is 55.2 Å². The zero-order valence-electron chi connectivity index (χ0n) is 11.9. The van der Waals surface area contributed by atoms with Crippen LogP contribution in [0, 0.1) is 6.92 Å². The lowest BCUT2D eigenvalue weighted by Crippen LogP contribution is -2.35. The standard InChI is InChI=1S/C16H18N2O2S/c1-12-11-14(17)8-9-16(12)21(19,20)18-10-4-6-13-5-2-3-7-15(13)18/h2-3,5,7-9,11H,4,6,10,17H2,1H3. The van der Waals surface area contributed by atoms with Crippen molar-refractivity contribution in [2.45, 2.75) is 24.7 Å². The summed E-state index contributed by atoms with van der Waals surface area (Å²) < 4.78 is 27.5. The fourth-order valence-electron chi connectivity index (χ4n) is 2.83. The van der Waals surface area contributed by atoms with Crippen LogP contribution >= 0.6 is 0 Å². The lowest BCUT2D eigenvalue weighted by Gasteiger charge is -2.30. The number of aryl methyl sites for hydroxylation is 2. The van der Waals surface area contributed by atoms with E-state index in [0.29, 0.717) is 22.7 Å². The Morgan fingerprint density at radius 1 is 1.14 bits per heavy atom. The molecule has 0 fully saturated rings. The van der Waals surface area contributed by atoms with Crippen molar-refractivity contribution in [3.63, 3.8) is 0 Å². The summed E-state index contributed by atoms with van der Waals surface area (Å²) in [5.74, 6) is 0. The van der Waals surface area contributed by atoms with Crippen molar-refractivity contribution >= 4 is 21.4 Å². The van der Waals surface area contributed by atoms with Crippen LogP contribution in [0.5, 0.6) is 0 Å². The zero-order valence-corrected chi connectivity index (χ0v) is 12.7. The van der Waals surface area contributed by atoms with Crippen LogP contribution in [-0.2, 0) is 16.4 Å². The van der Waals surface area contributed by atoms with Crippen molar-refractivity contribution < 1.29 is 8.42 Å². The lowest BCUT2D eigenvalue weighted by atomic mass is 10.0. The number of hydrogen-bond acceptors (Lipinski definition) is 3. The van der Waals surface area contributed by atoms with E-state index >= 15 is 0 Å². The molecule has 0 bridgehead atoms. The molecule has 21 heavy (non-hydrogen) atoms. The maximum absolute atomic E-state index is 13.0. The van der Waals surface area contributed by atoms with Gasteiger partial charge >= 0.3 is 0 Å². The fourth-order valence-corrected chi connectivity index (χ4v) is 4.58. The van der Waals surface area contributed by atoms with Crippen LogP contribution < -0.4 is 10.0 Å². The van der Waals surface area contributed by atoms with Crippen LogP contribution in [0.1, 0.15) is 17.5 Å². The third-order valence-corrected chi connectivity index (χ3v) is 5.81. The van der Waals surface area contributed by atoms with E-state index in [2.05, 4.69) is 0 Å². The second kappa shape index (κ2) is 5.07. The number of sulfonamides is 1. The van der Waals surface area contributed by atoms with Crippen molar-refractivity contribution in [1.82, 2.24) is 0 Å². The van der Waals surface area contributed by atoms with Gasteiger partial charge in [0.2, 0.25) is 0 Å². The summed E-state index contributed by atoms with van der Waals surface area (Å²) in [5, 5.41) is 0. The number of para-hydroxylation sites is 1. The van der Waals surface area contributed by atoms with Crippen LogP contribution in [0.2, 0.25) is 0 Å². The summed E-state index contributed by atoms with van der Waals surface area (Å²) in [7, 11) is -3.55. The molecule has 0 amide bonds. The zero-order chi connectivity index (χ0) is 15.0. The van der Waals surface area contributed by atoms with Crippen molar-refractivity contribution in [3.8, 4) is 0 Å². The molecule has 0 unspecified atom stereocenters. The molecule has 0 spiro atoms. The molecule has 0 saturated heterocycles. The Morgan fingerprint density at radius 3 is 2.67 bits per heavy atom. The molecule has 0 saturated carbocycles. The van der Waals surface area contributed by atoms with Crippen LogP contribution in [0.15, 0.2) is 47.4 Å². The number of nitrogens with zero attached hydrogens (tertiary/aromatic N) is 1. The molecular formula is C16H18N2O2S. The highest BCUT2D eigenvalue weighted by molar-refractivity contribution is 7.92. The Kier molecular flexibility index (Phi) is 3.37. The van der Waals surface area contributed by atoms with E-state index in [1.54, 1.807) is 25.1 Å². The summed E-state index contributed by atoms with van der Waals surface area (Å²) in [6.07, 6.45) is 1.76. The predicted octanol–water partition coefficient (Wildman–Crippen LogP) is 2.72. The van der Waals surface area contributed by atoms with E-state index in [-0.39, 0.29) is 0 Å². The maximum Gasteiger partial charge on any atom is 0.264 e. The quantitative estimate of drug-likeness (QED) is 0.868. The van der Waals surface area contributed by atoms with Crippen LogP contribution in [0.25, 0.3) is 0 Å². The van der Waals surface area contributed by atoms with Crippen LogP contribution in [0.3, 0.4) is 0 Å². The van der Waals surface area contributed by atoms with E-state index in [0.717, 1.165) is 24.1 Å². The molecule has 0 aromatic heterocycles. The first-order valence-corrected chi connectivity index (χ1v) is 8.41. The van der Waals surface area contributed by atoms with Crippen molar-refractivity contribution in [3.05, 3.63) is 53.6 Å². The molecule has 0 aliphatic carbocycles. The number of nitrogens with two attached hydrogens (primary N) is 1. The normalized spacial score (nSPS) is 14.8. The van der Waals surface area contributed by atoms with Gasteiger partial charge in [-0.25, -0.2) is 8.42 Å². The van der Waals surface area contributed by atoms with E-state index in [1.165, 1.54) is 4.31 Å². The number of benzene rings is 2. The second-order valence-corrected chi connectivity index (χ2v) is 7.17. The van der Waals surface area contributed by atoms with Crippen molar-refractivity contribution in [1.29, 1.82) is 0 Å². The minimum absolute atomic E-state index is 0.327. The molecule has 0 radical (unpaired) electrons. The summed E-state index contributed by atoms with van der Waals surface area (Å²) in [6.45, 7) is 2.29. The minimum atomic E-state index is -3.55. The first-order valence-electron chi connectivity index (χ1n) is 6.97. The Hall–Kier alpha value is -2.01. The number of nitrogen functional groups attached to an aromatic ring is 1. The average molecular weight is 302 g/mol. The summed E-state index contributed by atoms with van der Waals surface area (Å²) >= 11 is 0. The van der Waals surface area contributed by atoms with E-state index in [4.69, 9.17) is 5.73 Å². The van der Waals surface area contributed by atoms with Gasteiger partial charge in [0.25, 0.3) is 10.0 Å². The number of hydrogen-bond donors (Lipinski definition) is 1. The Balaban J connectivity index is 2.12. The highest BCUT2D eigenvalue weighted by atomic mass is 32.2. The van der Waals surface area contributed by atoms with Gasteiger partial charge in [-0.2, -0.15) is 0 Å². The van der Waals surface area contributed by atoms with Crippen molar-refractivity contribution in [2.24, 2.45) is 0 Å². The van der Waals surface area contributed by atoms with Crippen LogP contribution in [-0.4, -0.2) is 15.0 Å². The highest BCUT2D eigenvalue weighted by Gasteiger charge is 2.29. The average Bonchev–Trinajstić information content (AvgIpc) is 2.46. The Bertz CT molecular complexity index is 785. The smallest absolute Gasteiger partial charge is 0.264 e. The second-order valence-electron chi connectivity index (χ2n) is 5.33. The highest BCUT2D eigenvalue weighted by Crippen LogP contribution is 2.32. The molecule has 1 aliphatic heterocycles. The van der Waals surface area contributed by atoms with Gasteiger partial charge in [-0.15, -0.1) is 0 Å². The minimum Gasteiger partial charge on any atom is -0.399 e. The van der Waals surface area contributed by atoms with Gasteiger partial charge in [-0.3, -0.25) is 4.31 Å². The molecule has 110 valence electrons. The molecule has 4 nitrogen and oxygen atoms in total. The number of fused-ring (bicyclic) bond motifs is 1. The fraction of sp³-hybridized carbons (Fsp3) is 0.250. The molecule has 2 N–H and O–H groups in total. The maximum atomic E-state index is 13.0. The molecule has 5 heteroatoms. The molecule has 0 atom stereocenters. The number of rotatable bonds is 2. The summed E-state index contributed by atoms with van der Waals surface area (Å²) in [4.78, 5) is 0.327. The lowest BCUT2D eigenvalue weighted by molar-refractivity contribution is 0.586. The Morgan fingerprint density at radius 2 is 1.90 bits per heavy atom. The van der Waals surface area contributed by atoms with Gasteiger partial charge in [-0.1, -0.05) is 18.2 Å². The molecule has 2 aromatic carbocycles. The van der Waals surface area contributed by atoms with Gasteiger partial charge in [0.05, 0.1) is 10.6 Å². The number of anilines is 2. The van der Waals surface area contributed by atoms with E-state index < -0.39 is 10.0 Å². The van der Waals surface area contributed by atoms with Crippen molar-refractivity contribution in [2.75, 3.05) is 16.6 Å². The first-order chi connectivity index (χ1) is 10.00. The SMILES string of the molecule is Cc1cc(N)ccc1S(=O)(=O)N1CCCc2ccccc21. The monoisotopic (exact) mass is 302 g/mol. The molecule has 2 aromatic rings.